The first-order chi connectivity index (χ1) is 8.28. The molecular weight excluding hydrogens is 210 g/mol. The van der Waals surface area contributed by atoms with E-state index in [4.69, 9.17) is 10.5 Å². The molecule has 1 atom stereocenters. The second-order valence-corrected chi connectivity index (χ2v) is 5.50. The second kappa shape index (κ2) is 4.02. The van der Waals surface area contributed by atoms with Gasteiger partial charge < -0.3 is 10.5 Å². The Labute approximate surface area is 103 Å². The van der Waals surface area contributed by atoms with E-state index < -0.39 is 0 Å². The normalized spacial score (nSPS) is 25.9. The van der Waals surface area contributed by atoms with Crippen LogP contribution < -0.4 is 10.5 Å². The predicted molar refractivity (Wildman–Crippen MR) is 69.4 cm³/mol. The van der Waals surface area contributed by atoms with Crippen LogP contribution in [0.15, 0.2) is 18.2 Å². The highest BCUT2D eigenvalue weighted by Crippen LogP contribution is 2.51. The number of ether oxygens (including phenoxy) is 1. The number of hydrogen-bond donors (Lipinski definition) is 1. The van der Waals surface area contributed by atoms with E-state index in [0.717, 1.165) is 18.6 Å². The van der Waals surface area contributed by atoms with Gasteiger partial charge in [-0.1, -0.05) is 25.0 Å². The Bertz CT molecular complexity index is 407. The zero-order chi connectivity index (χ0) is 11.9. The molecule has 3 rings (SSSR count). The Kier molecular flexibility index (Phi) is 2.62. The van der Waals surface area contributed by atoms with Crippen molar-refractivity contribution in [3.8, 4) is 5.75 Å². The molecule has 0 aliphatic heterocycles. The Hall–Kier alpha value is -1.02. The van der Waals surface area contributed by atoms with E-state index in [9.17, 15) is 0 Å². The molecule has 0 aromatic heterocycles. The fourth-order valence-electron chi connectivity index (χ4n) is 3.92. The molecule has 17 heavy (non-hydrogen) atoms. The topological polar surface area (TPSA) is 35.2 Å². The van der Waals surface area contributed by atoms with Gasteiger partial charge in [0.1, 0.15) is 5.75 Å². The van der Waals surface area contributed by atoms with Crippen molar-refractivity contribution in [2.75, 3.05) is 7.11 Å². The van der Waals surface area contributed by atoms with Crippen LogP contribution in [0, 0.1) is 0 Å². The molecule has 2 N–H and O–H groups in total. The summed E-state index contributed by atoms with van der Waals surface area (Å²) in [7, 11) is 1.78. The lowest BCUT2D eigenvalue weighted by atomic mass is 9.65. The van der Waals surface area contributed by atoms with Gasteiger partial charge in [-0.3, -0.25) is 0 Å². The van der Waals surface area contributed by atoms with Crippen LogP contribution in [-0.4, -0.2) is 13.2 Å². The molecule has 1 fully saturated rings. The van der Waals surface area contributed by atoms with Crippen molar-refractivity contribution in [3.63, 3.8) is 0 Å². The van der Waals surface area contributed by atoms with E-state index in [1.54, 1.807) is 7.11 Å². The fourth-order valence-corrected chi connectivity index (χ4v) is 3.92. The first-order valence-electron chi connectivity index (χ1n) is 6.70. The quantitative estimate of drug-likeness (QED) is 0.806. The van der Waals surface area contributed by atoms with E-state index >= 15 is 0 Å². The van der Waals surface area contributed by atoms with Crippen LogP contribution in [0.1, 0.15) is 43.2 Å². The third-order valence-electron chi connectivity index (χ3n) is 4.76. The Morgan fingerprint density at radius 3 is 2.76 bits per heavy atom. The van der Waals surface area contributed by atoms with Crippen molar-refractivity contribution in [2.24, 2.45) is 5.73 Å². The molecule has 1 aromatic carbocycles. The minimum atomic E-state index is 0.209. The molecule has 1 aromatic rings. The summed E-state index contributed by atoms with van der Waals surface area (Å²) in [5.74, 6) is 1.06. The highest BCUT2D eigenvalue weighted by Gasteiger charge is 2.46. The van der Waals surface area contributed by atoms with Gasteiger partial charge >= 0.3 is 0 Å². The fraction of sp³-hybridized carbons (Fsp3) is 0.600. The highest BCUT2D eigenvalue weighted by molar-refractivity contribution is 5.49. The SMILES string of the molecule is COc1cccc2c1C1(CCCC1)C(N)CC2. The minimum absolute atomic E-state index is 0.209. The van der Waals surface area contributed by atoms with Gasteiger partial charge in [0.2, 0.25) is 0 Å². The molecule has 0 radical (unpaired) electrons. The Morgan fingerprint density at radius 1 is 1.29 bits per heavy atom. The lowest BCUT2D eigenvalue weighted by molar-refractivity contribution is 0.295. The van der Waals surface area contributed by atoms with E-state index in [-0.39, 0.29) is 5.41 Å². The number of rotatable bonds is 1. The van der Waals surface area contributed by atoms with E-state index in [1.807, 2.05) is 0 Å². The molecule has 92 valence electrons. The first kappa shape index (κ1) is 11.1. The summed E-state index contributed by atoms with van der Waals surface area (Å²) in [6.07, 6.45) is 7.33. The van der Waals surface area contributed by atoms with Crippen LogP contribution in [0.5, 0.6) is 5.75 Å². The molecule has 1 unspecified atom stereocenters. The molecule has 0 bridgehead atoms. The maximum atomic E-state index is 6.46. The average Bonchev–Trinajstić information content (AvgIpc) is 2.84. The number of nitrogens with two attached hydrogens (primary N) is 1. The van der Waals surface area contributed by atoms with Gasteiger partial charge in [0.15, 0.2) is 0 Å². The van der Waals surface area contributed by atoms with Gasteiger partial charge in [-0.15, -0.1) is 0 Å². The lowest BCUT2D eigenvalue weighted by Gasteiger charge is -2.42. The molecule has 0 saturated heterocycles. The third-order valence-corrected chi connectivity index (χ3v) is 4.76. The van der Waals surface area contributed by atoms with Gasteiger partial charge in [-0.25, -0.2) is 0 Å². The zero-order valence-corrected chi connectivity index (χ0v) is 10.5. The van der Waals surface area contributed by atoms with Crippen LogP contribution in [0.3, 0.4) is 0 Å². The Balaban J connectivity index is 2.18. The van der Waals surface area contributed by atoms with Crippen LogP contribution in [0.4, 0.5) is 0 Å². The smallest absolute Gasteiger partial charge is 0.122 e. The average molecular weight is 231 g/mol. The lowest BCUT2D eigenvalue weighted by Crippen LogP contribution is -2.47. The molecule has 2 nitrogen and oxygen atoms in total. The first-order valence-corrected chi connectivity index (χ1v) is 6.70. The van der Waals surface area contributed by atoms with Crippen molar-refractivity contribution in [2.45, 2.75) is 50.0 Å². The maximum Gasteiger partial charge on any atom is 0.122 e. The summed E-state index contributed by atoms with van der Waals surface area (Å²) in [5, 5.41) is 0. The van der Waals surface area contributed by atoms with Crippen LogP contribution in [0.2, 0.25) is 0 Å². The summed E-state index contributed by atoms with van der Waals surface area (Å²) in [4.78, 5) is 0. The number of benzene rings is 1. The van der Waals surface area contributed by atoms with Crippen LogP contribution in [-0.2, 0) is 11.8 Å². The molecule has 2 heteroatoms. The molecular formula is C15H21NO. The summed E-state index contributed by atoms with van der Waals surface area (Å²) in [6.45, 7) is 0. The zero-order valence-electron chi connectivity index (χ0n) is 10.5. The van der Waals surface area contributed by atoms with Crippen molar-refractivity contribution >= 4 is 0 Å². The van der Waals surface area contributed by atoms with Gasteiger partial charge in [0.05, 0.1) is 7.11 Å². The predicted octanol–water partition coefficient (Wildman–Crippen LogP) is 2.78. The third kappa shape index (κ3) is 1.50. The van der Waals surface area contributed by atoms with Crippen LogP contribution >= 0.6 is 0 Å². The van der Waals surface area contributed by atoms with Crippen molar-refractivity contribution < 1.29 is 4.74 Å². The molecule has 0 amide bonds. The van der Waals surface area contributed by atoms with Gasteiger partial charge in [0, 0.05) is 17.0 Å². The summed E-state index contributed by atoms with van der Waals surface area (Å²) in [6, 6.07) is 6.77. The molecule has 2 aliphatic rings. The summed E-state index contributed by atoms with van der Waals surface area (Å²) < 4.78 is 5.59. The maximum absolute atomic E-state index is 6.46. The molecule has 1 spiro atoms. The Morgan fingerprint density at radius 2 is 2.06 bits per heavy atom. The van der Waals surface area contributed by atoms with Crippen LogP contribution in [0.25, 0.3) is 0 Å². The number of hydrogen-bond acceptors (Lipinski definition) is 2. The molecule has 0 heterocycles. The number of fused-ring (bicyclic) bond motifs is 2. The van der Waals surface area contributed by atoms with Gasteiger partial charge in [-0.05, 0) is 37.3 Å². The van der Waals surface area contributed by atoms with E-state index in [2.05, 4.69) is 18.2 Å². The van der Waals surface area contributed by atoms with Crippen molar-refractivity contribution in [1.29, 1.82) is 0 Å². The van der Waals surface area contributed by atoms with E-state index in [1.165, 1.54) is 36.8 Å². The largest absolute Gasteiger partial charge is 0.496 e. The molecule has 2 aliphatic carbocycles. The second-order valence-electron chi connectivity index (χ2n) is 5.50. The number of methoxy groups -OCH3 is 1. The summed E-state index contributed by atoms with van der Waals surface area (Å²) >= 11 is 0. The van der Waals surface area contributed by atoms with E-state index in [0.29, 0.717) is 6.04 Å². The standard InChI is InChI=1S/C15H21NO/c1-17-12-6-4-5-11-7-8-13(16)15(14(11)12)9-2-3-10-15/h4-6,13H,2-3,7-10,16H2,1H3. The molecule has 1 saturated carbocycles. The van der Waals surface area contributed by atoms with Crippen molar-refractivity contribution in [1.82, 2.24) is 0 Å². The van der Waals surface area contributed by atoms with Gasteiger partial charge in [-0.2, -0.15) is 0 Å². The van der Waals surface area contributed by atoms with Gasteiger partial charge in [0.25, 0.3) is 0 Å². The highest BCUT2D eigenvalue weighted by atomic mass is 16.5. The van der Waals surface area contributed by atoms with Crippen molar-refractivity contribution in [3.05, 3.63) is 29.3 Å². The monoisotopic (exact) mass is 231 g/mol. The summed E-state index contributed by atoms with van der Waals surface area (Å²) in [5.41, 5.74) is 9.56. The number of aryl methyl sites for hydroxylation is 1. The minimum Gasteiger partial charge on any atom is -0.496 e.